The second-order valence-electron chi connectivity index (χ2n) is 5.35. The van der Waals surface area contributed by atoms with Crippen molar-refractivity contribution in [3.05, 3.63) is 24.3 Å². The first-order chi connectivity index (χ1) is 8.99. The molecule has 0 saturated carbocycles. The van der Waals surface area contributed by atoms with E-state index >= 15 is 0 Å². The fourth-order valence-electron chi connectivity index (χ4n) is 2.55. The minimum atomic E-state index is -0.351. The molecule has 1 aromatic carbocycles. The van der Waals surface area contributed by atoms with E-state index in [0.717, 1.165) is 11.4 Å². The highest BCUT2D eigenvalue weighted by atomic mass is 16.5. The molecule has 1 aliphatic rings. The van der Waals surface area contributed by atoms with E-state index in [1.165, 1.54) is 0 Å². The molecule has 0 aliphatic carbocycles. The van der Waals surface area contributed by atoms with Gasteiger partial charge in [-0.2, -0.15) is 0 Å². The van der Waals surface area contributed by atoms with Gasteiger partial charge in [-0.1, -0.05) is 6.07 Å². The Balaban J connectivity index is 2.43. The Morgan fingerprint density at radius 2 is 2.26 bits per heavy atom. The highest BCUT2D eigenvalue weighted by Gasteiger charge is 2.40. The maximum atomic E-state index is 12.0. The second-order valence-corrected chi connectivity index (χ2v) is 5.35. The predicted molar refractivity (Wildman–Crippen MR) is 75.4 cm³/mol. The lowest BCUT2D eigenvalue weighted by molar-refractivity contribution is -0.124. The summed E-state index contributed by atoms with van der Waals surface area (Å²) in [5.41, 5.74) is 6.54. The Kier molecular flexibility index (Phi) is 3.66. The van der Waals surface area contributed by atoms with E-state index < -0.39 is 0 Å². The van der Waals surface area contributed by atoms with Crippen LogP contribution >= 0.6 is 0 Å². The summed E-state index contributed by atoms with van der Waals surface area (Å²) in [4.78, 5) is 14.1. The monoisotopic (exact) mass is 263 g/mol. The number of anilines is 1. The molecular formula is C14H21N3O2. The van der Waals surface area contributed by atoms with Crippen LogP contribution in [0.3, 0.4) is 0 Å². The summed E-state index contributed by atoms with van der Waals surface area (Å²) in [6, 6.07) is 7.37. The number of ether oxygens (including phenoxy) is 1. The Bertz CT molecular complexity index is 474. The molecule has 104 valence electrons. The summed E-state index contributed by atoms with van der Waals surface area (Å²) < 4.78 is 5.25. The van der Waals surface area contributed by atoms with Gasteiger partial charge in [-0.15, -0.1) is 0 Å². The molecule has 19 heavy (non-hydrogen) atoms. The van der Waals surface area contributed by atoms with Crippen LogP contribution in [0.15, 0.2) is 24.3 Å². The van der Waals surface area contributed by atoms with Crippen molar-refractivity contribution in [1.29, 1.82) is 0 Å². The van der Waals surface area contributed by atoms with Gasteiger partial charge in [-0.05, 0) is 26.0 Å². The summed E-state index contributed by atoms with van der Waals surface area (Å²) in [7, 11) is 1.63. The summed E-state index contributed by atoms with van der Waals surface area (Å²) in [6.07, 6.45) is 0. The van der Waals surface area contributed by atoms with Crippen LogP contribution in [0.4, 0.5) is 5.69 Å². The first-order valence-electron chi connectivity index (χ1n) is 6.41. The highest BCUT2D eigenvalue weighted by molar-refractivity contribution is 5.87. The number of hydrogen-bond acceptors (Lipinski definition) is 4. The van der Waals surface area contributed by atoms with Gasteiger partial charge in [-0.25, -0.2) is 0 Å². The van der Waals surface area contributed by atoms with Crippen molar-refractivity contribution in [2.45, 2.75) is 25.4 Å². The van der Waals surface area contributed by atoms with E-state index in [1.54, 1.807) is 7.11 Å². The molecule has 0 radical (unpaired) electrons. The molecule has 5 nitrogen and oxygen atoms in total. The zero-order valence-corrected chi connectivity index (χ0v) is 11.6. The van der Waals surface area contributed by atoms with Crippen molar-refractivity contribution in [3.63, 3.8) is 0 Å². The number of nitrogens with two attached hydrogens (primary N) is 1. The largest absolute Gasteiger partial charge is 0.497 e. The molecule has 1 amide bonds. The van der Waals surface area contributed by atoms with Crippen LogP contribution in [0.5, 0.6) is 5.75 Å². The summed E-state index contributed by atoms with van der Waals surface area (Å²) >= 11 is 0. The quantitative estimate of drug-likeness (QED) is 0.844. The molecule has 3 N–H and O–H groups in total. The normalized spacial score (nSPS) is 22.0. The van der Waals surface area contributed by atoms with E-state index in [-0.39, 0.29) is 24.0 Å². The number of nitrogens with zero attached hydrogens (tertiary/aromatic N) is 1. The fourth-order valence-corrected chi connectivity index (χ4v) is 2.55. The predicted octanol–water partition coefficient (Wildman–Crippen LogP) is 0.737. The number of benzene rings is 1. The lowest BCUT2D eigenvalue weighted by atomic mass is 9.94. The molecule has 5 heteroatoms. The smallest absolute Gasteiger partial charge is 0.244 e. The van der Waals surface area contributed by atoms with Crippen LogP contribution in [0.25, 0.3) is 0 Å². The Hall–Kier alpha value is -1.75. The van der Waals surface area contributed by atoms with Gasteiger partial charge in [0.15, 0.2) is 0 Å². The average molecular weight is 263 g/mol. The van der Waals surface area contributed by atoms with Crippen LogP contribution in [0, 0.1) is 0 Å². The summed E-state index contributed by atoms with van der Waals surface area (Å²) in [5, 5.41) is 2.91. The Morgan fingerprint density at radius 1 is 1.53 bits per heavy atom. The molecule has 1 atom stereocenters. The van der Waals surface area contributed by atoms with Gasteiger partial charge >= 0.3 is 0 Å². The molecule has 0 aromatic heterocycles. The van der Waals surface area contributed by atoms with Gasteiger partial charge in [0.25, 0.3) is 0 Å². The maximum Gasteiger partial charge on any atom is 0.244 e. The Labute approximate surface area is 113 Å². The molecule has 1 aliphatic heterocycles. The van der Waals surface area contributed by atoms with Crippen LogP contribution in [0.2, 0.25) is 0 Å². The third-order valence-electron chi connectivity index (χ3n) is 3.52. The number of carbonyl (C=O) groups excluding carboxylic acids is 1. The van der Waals surface area contributed by atoms with Crippen LogP contribution in [-0.2, 0) is 4.79 Å². The lowest BCUT2D eigenvalue weighted by Crippen LogP contribution is -2.67. The van der Waals surface area contributed by atoms with Crippen molar-refractivity contribution in [2.75, 3.05) is 25.1 Å². The Morgan fingerprint density at radius 3 is 2.89 bits per heavy atom. The van der Waals surface area contributed by atoms with Crippen LogP contribution < -0.4 is 20.7 Å². The van der Waals surface area contributed by atoms with Crippen LogP contribution in [-0.4, -0.2) is 37.7 Å². The molecule has 1 fully saturated rings. The number of rotatable bonds is 3. The molecule has 1 aromatic rings. The van der Waals surface area contributed by atoms with E-state index in [9.17, 15) is 4.79 Å². The molecular weight excluding hydrogens is 242 g/mol. The first-order valence-corrected chi connectivity index (χ1v) is 6.41. The van der Waals surface area contributed by atoms with Crippen molar-refractivity contribution in [2.24, 2.45) is 5.73 Å². The van der Waals surface area contributed by atoms with Gasteiger partial charge in [0.2, 0.25) is 5.91 Å². The number of piperazine rings is 1. The number of methoxy groups -OCH3 is 1. The van der Waals surface area contributed by atoms with Gasteiger partial charge in [0, 0.05) is 24.8 Å². The van der Waals surface area contributed by atoms with E-state index in [2.05, 4.69) is 24.1 Å². The lowest BCUT2D eigenvalue weighted by Gasteiger charge is -2.48. The van der Waals surface area contributed by atoms with Gasteiger partial charge < -0.3 is 20.7 Å². The van der Waals surface area contributed by atoms with Crippen molar-refractivity contribution < 1.29 is 9.53 Å². The third kappa shape index (κ3) is 2.51. The zero-order valence-electron chi connectivity index (χ0n) is 11.6. The number of carbonyl (C=O) groups is 1. The van der Waals surface area contributed by atoms with Gasteiger partial charge in [-0.3, -0.25) is 4.79 Å². The second kappa shape index (κ2) is 5.09. The van der Waals surface area contributed by atoms with Gasteiger partial charge in [0.05, 0.1) is 12.6 Å². The zero-order chi connectivity index (χ0) is 14.0. The molecule has 1 unspecified atom stereocenters. The van der Waals surface area contributed by atoms with Crippen molar-refractivity contribution in [3.8, 4) is 5.75 Å². The highest BCUT2D eigenvalue weighted by Crippen LogP contribution is 2.31. The minimum Gasteiger partial charge on any atom is -0.497 e. The van der Waals surface area contributed by atoms with E-state index in [0.29, 0.717) is 6.54 Å². The topological polar surface area (TPSA) is 67.6 Å². The fraction of sp³-hybridized carbons (Fsp3) is 0.500. The summed E-state index contributed by atoms with van der Waals surface area (Å²) in [6.45, 7) is 5.06. The van der Waals surface area contributed by atoms with E-state index in [4.69, 9.17) is 10.5 Å². The van der Waals surface area contributed by atoms with Gasteiger partial charge in [0.1, 0.15) is 11.8 Å². The number of hydrogen-bond donors (Lipinski definition) is 2. The number of nitrogens with one attached hydrogen (secondary N) is 1. The molecule has 1 saturated heterocycles. The standard InChI is InChI=1S/C14H21N3O2/c1-14(2)9-16-13(18)12(8-15)17(14)10-5-4-6-11(7-10)19-3/h4-7,12H,8-9,15H2,1-3H3,(H,16,18). The third-order valence-corrected chi connectivity index (χ3v) is 3.52. The molecule has 1 heterocycles. The molecule has 0 bridgehead atoms. The van der Waals surface area contributed by atoms with Crippen molar-refractivity contribution >= 4 is 11.6 Å². The minimum absolute atomic E-state index is 0.0235. The van der Waals surface area contributed by atoms with Crippen molar-refractivity contribution in [1.82, 2.24) is 5.32 Å². The average Bonchev–Trinajstić information content (AvgIpc) is 2.41. The number of amides is 1. The molecule has 0 spiro atoms. The summed E-state index contributed by atoms with van der Waals surface area (Å²) in [5.74, 6) is 0.750. The SMILES string of the molecule is COc1cccc(N2C(CN)C(=O)NCC2(C)C)c1. The van der Waals surface area contributed by atoms with E-state index in [1.807, 2.05) is 24.3 Å². The first kappa shape index (κ1) is 13.7. The maximum absolute atomic E-state index is 12.0. The molecule has 2 rings (SSSR count). The van der Waals surface area contributed by atoms with Crippen LogP contribution in [0.1, 0.15) is 13.8 Å².